The molecule has 2 atom stereocenters. The lowest BCUT2D eigenvalue weighted by Crippen LogP contribution is -2.27. The summed E-state index contributed by atoms with van der Waals surface area (Å²) in [6.45, 7) is 4.49. The fraction of sp³-hybridized carbons (Fsp3) is 0.571. The molecule has 1 saturated heterocycles. The van der Waals surface area contributed by atoms with Gasteiger partial charge in [0, 0.05) is 19.7 Å². The molecule has 2 N–H and O–H groups in total. The Labute approximate surface area is 107 Å². The molecule has 2 rings (SSSR count). The summed E-state index contributed by atoms with van der Waals surface area (Å²) in [5.74, 6) is -0.309. The molecule has 3 nitrogen and oxygen atoms in total. The van der Waals surface area contributed by atoms with Crippen molar-refractivity contribution in [3.8, 4) is 5.75 Å². The number of halogens is 1. The Hall–Kier alpha value is -1.13. The molecule has 100 valence electrons. The van der Waals surface area contributed by atoms with Crippen LogP contribution in [0.1, 0.15) is 25.3 Å². The highest BCUT2D eigenvalue weighted by Crippen LogP contribution is 2.22. The first-order chi connectivity index (χ1) is 8.70. The average molecular weight is 253 g/mol. The predicted octanol–water partition coefficient (Wildman–Crippen LogP) is 2.44. The van der Waals surface area contributed by atoms with Crippen molar-refractivity contribution >= 4 is 0 Å². The van der Waals surface area contributed by atoms with Crippen LogP contribution in [0.15, 0.2) is 18.2 Å². The van der Waals surface area contributed by atoms with Gasteiger partial charge in [0.05, 0.1) is 6.10 Å². The first-order valence-electron chi connectivity index (χ1n) is 6.50. The van der Waals surface area contributed by atoms with E-state index in [4.69, 9.17) is 9.84 Å². The molecule has 0 saturated carbocycles. The van der Waals surface area contributed by atoms with Crippen molar-refractivity contribution in [1.29, 1.82) is 0 Å². The summed E-state index contributed by atoms with van der Waals surface area (Å²) < 4.78 is 18.7. The fourth-order valence-electron chi connectivity index (χ4n) is 2.44. The van der Waals surface area contributed by atoms with Crippen LogP contribution in [0.5, 0.6) is 5.75 Å². The van der Waals surface area contributed by atoms with Crippen LogP contribution in [0, 0.1) is 11.7 Å². The normalized spacial score (nSPS) is 23.4. The van der Waals surface area contributed by atoms with E-state index >= 15 is 0 Å². The first-order valence-corrected chi connectivity index (χ1v) is 6.50. The molecule has 4 heteroatoms. The van der Waals surface area contributed by atoms with E-state index in [2.05, 4.69) is 12.2 Å². The van der Waals surface area contributed by atoms with Crippen LogP contribution < -0.4 is 5.32 Å². The number of hydrogen-bond acceptors (Lipinski definition) is 3. The van der Waals surface area contributed by atoms with E-state index in [-0.39, 0.29) is 5.75 Å². The molecule has 2 unspecified atom stereocenters. The van der Waals surface area contributed by atoms with Gasteiger partial charge in [0.2, 0.25) is 0 Å². The topological polar surface area (TPSA) is 41.5 Å². The molecule has 1 aliphatic heterocycles. The highest BCUT2D eigenvalue weighted by Gasteiger charge is 2.25. The Bertz CT molecular complexity index is 397. The van der Waals surface area contributed by atoms with E-state index in [1.54, 1.807) is 6.07 Å². The van der Waals surface area contributed by atoms with Crippen molar-refractivity contribution in [2.45, 2.75) is 32.4 Å². The Balaban J connectivity index is 1.79. The van der Waals surface area contributed by atoms with Gasteiger partial charge in [-0.1, -0.05) is 13.0 Å². The van der Waals surface area contributed by atoms with Gasteiger partial charge in [0.1, 0.15) is 0 Å². The van der Waals surface area contributed by atoms with E-state index in [0.29, 0.717) is 18.6 Å². The van der Waals surface area contributed by atoms with E-state index in [9.17, 15) is 4.39 Å². The predicted molar refractivity (Wildman–Crippen MR) is 67.9 cm³/mol. The summed E-state index contributed by atoms with van der Waals surface area (Å²) in [6.07, 6.45) is 2.49. The van der Waals surface area contributed by atoms with E-state index in [1.807, 2.05) is 0 Å². The standard InChI is InChI=1S/C14H20FNO2/c1-2-14-11(5-6-18-14)9-16-8-10-3-4-13(17)12(15)7-10/h3-4,7,11,14,16-17H,2,5-6,8-9H2,1H3. The lowest BCUT2D eigenvalue weighted by atomic mass is 9.99. The van der Waals surface area contributed by atoms with Gasteiger partial charge in [-0.05, 0) is 36.5 Å². The summed E-state index contributed by atoms with van der Waals surface area (Å²) in [5, 5.41) is 12.4. The average Bonchev–Trinajstić information content (AvgIpc) is 2.81. The Kier molecular flexibility index (Phi) is 4.55. The molecule has 0 spiro atoms. The highest BCUT2D eigenvalue weighted by atomic mass is 19.1. The minimum Gasteiger partial charge on any atom is -0.505 e. The maximum absolute atomic E-state index is 13.1. The number of phenols is 1. The zero-order valence-corrected chi connectivity index (χ0v) is 10.7. The van der Waals surface area contributed by atoms with Crippen molar-refractivity contribution in [3.05, 3.63) is 29.6 Å². The lowest BCUT2D eigenvalue weighted by Gasteiger charge is -2.17. The van der Waals surface area contributed by atoms with Crippen molar-refractivity contribution in [3.63, 3.8) is 0 Å². The van der Waals surface area contributed by atoms with Gasteiger partial charge in [-0.25, -0.2) is 4.39 Å². The molecule has 1 aliphatic rings. The monoisotopic (exact) mass is 253 g/mol. The van der Waals surface area contributed by atoms with Crippen molar-refractivity contribution in [2.24, 2.45) is 5.92 Å². The third-order valence-corrected chi connectivity index (χ3v) is 3.50. The number of phenolic OH excluding ortho intramolecular Hbond substituents is 1. The summed E-state index contributed by atoms with van der Waals surface area (Å²) in [4.78, 5) is 0. The van der Waals surface area contributed by atoms with E-state index in [0.717, 1.165) is 31.6 Å². The molecule has 0 aromatic heterocycles. The largest absolute Gasteiger partial charge is 0.505 e. The maximum Gasteiger partial charge on any atom is 0.165 e. The number of aromatic hydroxyl groups is 1. The maximum atomic E-state index is 13.1. The second-order valence-electron chi connectivity index (χ2n) is 4.78. The molecular weight excluding hydrogens is 233 g/mol. The smallest absolute Gasteiger partial charge is 0.165 e. The van der Waals surface area contributed by atoms with E-state index in [1.165, 1.54) is 12.1 Å². The Morgan fingerprint density at radius 3 is 3.06 bits per heavy atom. The van der Waals surface area contributed by atoms with Crippen LogP contribution in [0.2, 0.25) is 0 Å². The Morgan fingerprint density at radius 1 is 1.50 bits per heavy atom. The minimum absolute atomic E-state index is 0.297. The molecule has 1 aromatic carbocycles. The Morgan fingerprint density at radius 2 is 2.33 bits per heavy atom. The van der Waals surface area contributed by atoms with Crippen LogP contribution in [-0.4, -0.2) is 24.4 Å². The van der Waals surface area contributed by atoms with Gasteiger partial charge in [-0.2, -0.15) is 0 Å². The van der Waals surface area contributed by atoms with Crippen LogP contribution in [-0.2, 0) is 11.3 Å². The molecule has 0 amide bonds. The number of nitrogens with one attached hydrogen (secondary N) is 1. The second kappa shape index (κ2) is 6.16. The van der Waals surface area contributed by atoms with Crippen molar-refractivity contribution < 1.29 is 14.2 Å². The zero-order valence-electron chi connectivity index (χ0n) is 10.7. The molecular formula is C14H20FNO2. The lowest BCUT2D eigenvalue weighted by molar-refractivity contribution is 0.0872. The molecule has 1 aromatic rings. The molecule has 0 bridgehead atoms. The molecule has 18 heavy (non-hydrogen) atoms. The number of benzene rings is 1. The first kappa shape index (κ1) is 13.3. The van der Waals surface area contributed by atoms with Crippen molar-refractivity contribution in [2.75, 3.05) is 13.2 Å². The molecule has 0 aliphatic carbocycles. The highest BCUT2D eigenvalue weighted by molar-refractivity contribution is 5.27. The van der Waals surface area contributed by atoms with Gasteiger partial charge in [0.25, 0.3) is 0 Å². The van der Waals surface area contributed by atoms with E-state index < -0.39 is 5.82 Å². The summed E-state index contributed by atoms with van der Waals surface area (Å²) in [6, 6.07) is 4.48. The molecule has 1 heterocycles. The fourth-order valence-corrected chi connectivity index (χ4v) is 2.44. The third-order valence-electron chi connectivity index (χ3n) is 3.50. The van der Waals surface area contributed by atoms with Gasteiger partial charge in [-0.15, -0.1) is 0 Å². The second-order valence-corrected chi connectivity index (χ2v) is 4.78. The van der Waals surface area contributed by atoms with Gasteiger partial charge in [-0.3, -0.25) is 0 Å². The number of hydrogen-bond donors (Lipinski definition) is 2. The SMILES string of the molecule is CCC1OCCC1CNCc1ccc(O)c(F)c1. The summed E-state index contributed by atoms with van der Waals surface area (Å²) >= 11 is 0. The van der Waals surface area contributed by atoms with Crippen LogP contribution >= 0.6 is 0 Å². The van der Waals surface area contributed by atoms with Crippen LogP contribution in [0.3, 0.4) is 0 Å². The van der Waals surface area contributed by atoms with Gasteiger partial charge >= 0.3 is 0 Å². The quantitative estimate of drug-likeness (QED) is 0.847. The summed E-state index contributed by atoms with van der Waals surface area (Å²) in [7, 11) is 0. The minimum atomic E-state index is -0.565. The number of rotatable bonds is 5. The molecule has 1 fully saturated rings. The van der Waals surface area contributed by atoms with Crippen LogP contribution in [0.4, 0.5) is 4.39 Å². The molecule has 0 radical (unpaired) electrons. The third kappa shape index (κ3) is 3.21. The zero-order chi connectivity index (χ0) is 13.0. The van der Waals surface area contributed by atoms with Crippen molar-refractivity contribution in [1.82, 2.24) is 5.32 Å². The van der Waals surface area contributed by atoms with Crippen LogP contribution in [0.25, 0.3) is 0 Å². The van der Waals surface area contributed by atoms with Gasteiger partial charge in [0.15, 0.2) is 11.6 Å². The summed E-state index contributed by atoms with van der Waals surface area (Å²) in [5.41, 5.74) is 0.845. The van der Waals surface area contributed by atoms with Gasteiger partial charge < -0.3 is 15.2 Å². The number of ether oxygens (including phenoxy) is 1.